The summed E-state index contributed by atoms with van der Waals surface area (Å²) in [5.41, 5.74) is 2.14. The quantitative estimate of drug-likeness (QED) is 0.625. The van der Waals surface area contributed by atoms with Crippen LogP contribution in [-0.4, -0.2) is 24.8 Å². The van der Waals surface area contributed by atoms with Crippen molar-refractivity contribution in [3.63, 3.8) is 0 Å². The summed E-state index contributed by atoms with van der Waals surface area (Å²) in [4.78, 5) is 11.4. The molecule has 0 spiro atoms. The first-order chi connectivity index (χ1) is 9.88. The Bertz CT molecular complexity index is 476. The lowest BCUT2D eigenvalue weighted by Gasteiger charge is -2.19. The molecule has 1 aromatic rings. The molecule has 2 N–H and O–H groups in total. The zero-order valence-corrected chi connectivity index (χ0v) is 13.4. The third kappa shape index (κ3) is 8.15. The molecule has 21 heavy (non-hydrogen) atoms. The Hall–Kier alpha value is -1.81. The average molecular weight is 290 g/mol. The van der Waals surface area contributed by atoms with Crippen LogP contribution in [0.5, 0.6) is 0 Å². The molecule has 0 heterocycles. The second-order valence-electron chi connectivity index (χ2n) is 5.91. The van der Waals surface area contributed by atoms with Crippen LogP contribution in [0.15, 0.2) is 36.4 Å². The maximum absolute atomic E-state index is 11.4. The average Bonchev–Trinajstić information content (AvgIpc) is 2.37. The number of carbonyl (C=O) groups is 1. The Morgan fingerprint density at radius 2 is 1.86 bits per heavy atom. The summed E-state index contributed by atoms with van der Waals surface area (Å²) in [6, 6.07) is 8.32. The van der Waals surface area contributed by atoms with Crippen molar-refractivity contribution >= 4 is 6.09 Å². The molecule has 1 aromatic carbocycles. The summed E-state index contributed by atoms with van der Waals surface area (Å²) in [6.07, 6.45) is 3.52. The van der Waals surface area contributed by atoms with E-state index < -0.39 is 5.60 Å². The minimum atomic E-state index is -0.455. The number of amides is 1. The van der Waals surface area contributed by atoms with Gasteiger partial charge in [-0.15, -0.1) is 0 Å². The van der Waals surface area contributed by atoms with E-state index in [0.29, 0.717) is 6.54 Å². The van der Waals surface area contributed by atoms with Crippen LogP contribution in [-0.2, 0) is 11.3 Å². The van der Waals surface area contributed by atoms with Gasteiger partial charge < -0.3 is 15.4 Å². The Morgan fingerprint density at radius 3 is 2.52 bits per heavy atom. The third-order valence-corrected chi connectivity index (χ3v) is 2.77. The number of benzene rings is 1. The van der Waals surface area contributed by atoms with Gasteiger partial charge in [0.2, 0.25) is 0 Å². The fourth-order valence-electron chi connectivity index (χ4n) is 1.72. The molecule has 0 radical (unpaired) electrons. The zero-order chi connectivity index (χ0) is 15.7. The van der Waals surface area contributed by atoms with E-state index in [1.165, 1.54) is 11.1 Å². The Balaban J connectivity index is 2.13. The van der Waals surface area contributed by atoms with E-state index in [2.05, 4.69) is 29.7 Å². The Labute approximate surface area is 127 Å². The van der Waals surface area contributed by atoms with Crippen molar-refractivity contribution in [3.05, 3.63) is 47.5 Å². The number of aryl methyl sites for hydroxylation is 1. The van der Waals surface area contributed by atoms with Crippen LogP contribution in [0.2, 0.25) is 0 Å². The molecule has 1 rings (SSSR count). The van der Waals surface area contributed by atoms with Crippen molar-refractivity contribution < 1.29 is 9.53 Å². The van der Waals surface area contributed by atoms with Gasteiger partial charge in [0.15, 0.2) is 0 Å². The van der Waals surface area contributed by atoms with Crippen LogP contribution in [0.4, 0.5) is 4.79 Å². The molecule has 0 fully saturated rings. The van der Waals surface area contributed by atoms with Crippen molar-refractivity contribution in [3.8, 4) is 0 Å². The number of ether oxygens (including phenoxy) is 1. The standard InChI is InChI=1S/C17H26N2O2/c1-14-9-5-6-10-15(14)13-18-11-7-8-12-19-16(20)21-17(2,3)4/h5-10,18H,11-13H2,1-4H3,(H,19,20)/b8-7+. The lowest BCUT2D eigenvalue weighted by Crippen LogP contribution is -2.32. The fourth-order valence-corrected chi connectivity index (χ4v) is 1.72. The van der Waals surface area contributed by atoms with E-state index in [4.69, 9.17) is 4.74 Å². The molecular weight excluding hydrogens is 264 g/mol. The lowest BCUT2D eigenvalue weighted by molar-refractivity contribution is 0.0534. The minimum Gasteiger partial charge on any atom is -0.444 e. The number of hydrogen-bond acceptors (Lipinski definition) is 3. The molecule has 0 bridgehead atoms. The van der Waals surface area contributed by atoms with Crippen LogP contribution in [0.25, 0.3) is 0 Å². The smallest absolute Gasteiger partial charge is 0.407 e. The molecule has 0 unspecified atom stereocenters. The van der Waals surface area contributed by atoms with E-state index in [1.54, 1.807) is 0 Å². The third-order valence-electron chi connectivity index (χ3n) is 2.77. The second kappa shape index (κ2) is 8.47. The maximum atomic E-state index is 11.4. The van der Waals surface area contributed by atoms with Crippen LogP contribution in [0, 0.1) is 6.92 Å². The summed E-state index contributed by atoms with van der Waals surface area (Å²) >= 11 is 0. The molecule has 116 valence electrons. The first-order valence-electron chi connectivity index (χ1n) is 7.25. The number of rotatable bonds is 6. The largest absolute Gasteiger partial charge is 0.444 e. The van der Waals surface area contributed by atoms with Crippen LogP contribution in [0.3, 0.4) is 0 Å². The first-order valence-corrected chi connectivity index (χ1v) is 7.25. The normalized spacial score (nSPS) is 11.6. The van der Waals surface area contributed by atoms with Gasteiger partial charge in [-0.1, -0.05) is 36.4 Å². The maximum Gasteiger partial charge on any atom is 0.407 e. The summed E-state index contributed by atoms with van der Waals surface area (Å²) in [7, 11) is 0. The molecule has 0 aromatic heterocycles. The van der Waals surface area contributed by atoms with Gasteiger partial charge in [-0.3, -0.25) is 0 Å². The lowest BCUT2D eigenvalue weighted by atomic mass is 10.1. The van der Waals surface area contributed by atoms with Gasteiger partial charge in [0, 0.05) is 19.6 Å². The Kier molecular flexibility index (Phi) is 6.96. The van der Waals surface area contributed by atoms with Gasteiger partial charge in [-0.25, -0.2) is 4.79 Å². The molecule has 4 heteroatoms. The van der Waals surface area contributed by atoms with E-state index in [1.807, 2.05) is 45.1 Å². The van der Waals surface area contributed by atoms with E-state index in [0.717, 1.165) is 13.1 Å². The zero-order valence-electron chi connectivity index (χ0n) is 13.4. The fraction of sp³-hybridized carbons (Fsp3) is 0.471. The van der Waals surface area contributed by atoms with Crippen molar-refractivity contribution in [2.24, 2.45) is 0 Å². The predicted molar refractivity (Wildman–Crippen MR) is 86.3 cm³/mol. The van der Waals surface area contributed by atoms with Gasteiger partial charge >= 0.3 is 6.09 Å². The highest BCUT2D eigenvalue weighted by Crippen LogP contribution is 2.06. The number of nitrogens with one attached hydrogen (secondary N) is 2. The highest BCUT2D eigenvalue weighted by Gasteiger charge is 2.14. The molecule has 1 amide bonds. The van der Waals surface area contributed by atoms with Crippen LogP contribution in [0.1, 0.15) is 31.9 Å². The van der Waals surface area contributed by atoms with Gasteiger partial charge in [-0.05, 0) is 38.8 Å². The monoisotopic (exact) mass is 290 g/mol. The van der Waals surface area contributed by atoms with Crippen molar-refractivity contribution in [1.82, 2.24) is 10.6 Å². The van der Waals surface area contributed by atoms with Crippen molar-refractivity contribution in [1.29, 1.82) is 0 Å². The Morgan fingerprint density at radius 1 is 1.19 bits per heavy atom. The minimum absolute atomic E-state index is 0.389. The predicted octanol–water partition coefficient (Wildman–Crippen LogP) is 3.17. The SMILES string of the molecule is Cc1ccccc1CNC/C=C/CNC(=O)OC(C)(C)C. The molecule has 0 saturated heterocycles. The van der Waals surface area contributed by atoms with E-state index >= 15 is 0 Å². The number of alkyl carbamates (subject to hydrolysis) is 1. The van der Waals surface area contributed by atoms with E-state index in [-0.39, 0.29) is 6.09 Å². The highest BCUT2D eigenvalue weighted by molar-refractivity contribution is 5.67. The molecule has 0 aliphatic rings. The van der Waals surface area contributed by atoms with Gasteiger partial charge in [0.25, 0.3) is 0 Å². The molecular formula is C17H26N2O2. The summed E-state index contributed by atoms with van der Waals surface area (Å²) in [6.45, 7) is 9.73. The summed E-state index contributed by atoms with van der Waals surface area (Å²) in [5, 5.41) is 6.02. The molecule has 0 saturated carbocycles. The number of carbonyl (C=O) groups excluding carboxylic acids is 1. The molecule has 4 nitrogen and oxygen atoms in total. The van der Waals surface area contributed by atoms with Gasteiger partial charge in [0.05, 0.1) is 0 Å². The highest BCUT2D eigenvalue weighted by atomic mass is 16.6. The topological polar surface area (TPSA) is 50.4 Å². The van der Waals surface area contributed by atoms with Crippen LogP contribution >= 0.6 is 0 Å². The summed E-state index contributed by atoms with van der Waals surface area (Å²) in [5.74, 6) is 0. The van der Waals surface area contributed by atoms with Gasteiger partial charge in [-0.2, -0.15) is 0 Å². The first kappa shape index (κ1) is 17.2. The van der Waals surface area contributed by atoms with Crippen molar-refractivity contribution in [2.75, 3.05) is 13.1 Å². The van der Waals surface area contributed by atoms with Crippen LogP contribution < -0.4 is 10.6 Å². The molecule has 0 atom stereocenters. The molecule has 0 aliphatic heterocycles. The van der Waals surface area contributed by atoms with E-state index in [9.17, 15) is 4.79 Å². The van der Waals surface area contributed by atoms with Gasteiger partial charge in [0.1, 0.15) is 5.60 Å². The second-order valence-corrected chi connectivity index (χ2v) is 5.91. The molecule has 0 aliphatic carbocycles. The number of hydrogen-bond donors (Lipinski definition) is 2. The summed E-state index contributed by atoms with van der Waals surface area (Å²) < 4.78 is 5.14. The van der Waals surface area contributed by atoms with Crippen molar-refractivity contribution in [2.45, 2.75) is 39.8 Å².